The van der Waals surface area contributed by atoms with E-state index in [0.717, 1.165) is 25.5 Å². The smallest absolute Gasteiger partial charge is 0.191 e. The van der Waals surface area contributed by atoms with Crippen LogP contribution in [0, 0.1) is 11.6 Å². The van der Waals surface area contributed by atoms with Gasteiger partial charge in [-0.25, -0.2) is 8.78 Å². The first-order chi connectivity index (χ1) is 12.6. The molecule has 0 aromatic heterocycles. The summed E-state index contributed by atoms with van der Waals surface area (Å²) in [4.78, 5) is 8.56. The zero-order chi connectivity index (χ0) is 18.5. The van der Waals surface area contributed by atoms with E-state index in [-0.39, 0.29) is 11.7 Å². The van der Waals surface area contributed by atoms with Gasteiger partial charge in [-0.3, -0.25) is 9.89 Å². The lowest BCUT2D eigenvalue weighted by molar-refractivity contribution is 0.267. The molecule has 2 heterocycles. The topological polar surface area (TPSA) is 42.9 Å². The minimum atomic E-state index is -0.506. The summed E-state index contributed by atoms with van der Waals surface area (Å²) in [5.74, 6) is -0.253. The second-order valence-electron chi connectivity index (χ2n) is 7.02. The van der Waals surface area contributed by atoms with E-state index in [1.807, 2.05) is 0 Å². The summed E-state index contributed by atoms with van der Waals surface area (Å²) in [7, 11) is 1.75. The maximum Gasteiger partial charge on any atom is 0.191 e. The molecule has 2 aliphatic rings. The highest BCUT2D eigenvalue weighted by Crippen LogP contribution is 2.26. The lowest BCUT2D eigenvalue weighted by Gasteiger charge is -2.25. The monoisotopic (exact) mass is 365 g/mol. The molecule has 26 heavy (non-hydrogen) atoms. The molecule has 0 radical (unpaired) electrons. The van der Waals surface area contributed by atoms with Crippen LogP contribution in [0.2, 0.25) is 0 Å². The van der Waals surface area contributed by atoms with Gasteiger partial charge in [-0.15, -0.1) is 0 Å². The molecule has 0 amide bonds. The average Bonchev–Trinajstić information content (AvgIpc) is 3.27. The Morgan fingerprint density at radius 1 is 1.23 bits per heavy atom. The molecule has 1 aromatic carbocycles. The van der Waals surface area contributed by atoms with Crippen molar-refractivity contribution in [3.63, 3.8) is 0 Å². The van der Waals surface area contributed by atoms with Crippen LogP contribution in [-0.2, 0) is 0 Å². The van der Waals surface area contributed by atoms with Crippen LogP contribution in [-0.4, -0.2) is 62.7 Å². The molecule has 1 aromatic rings. The number of para-hydroxylation sites is 1. The van der Waals surface area contributed by atoms with E-state index in [2.05, 4.69) is 27.4 Å². The number of hydrogen-bond donors (Lipinski definition) is 2. The maximum absolute atomic E-state index is 14.0. The van der Waals surface area contributed by atoms with Crippen molar-refractivity contribution in [2.75, 3.05) is 44.7 Å². The largest absolute Gasteiger partial charge is 0.365 e. The van der Waals surface area contributed by atoms with Crippen molar-refractivity contribution in [1.82, 2.24) is 15.5 Å². The Kier molecular flexibility index (Phi) is 6.29. The number of rotatable bonds is 5. The Balaban J connectivity index is 1.52. The highest BCUT2D eigenvalue weighted by Gasteiger charge is 2.28. The summed E-state index contributed by atoms with van der Waals surface area (Å²) in [6.07, 6.45) is 3.28. The SMILES string of the molecule is CCN1CCCC1CNC(=NC)NC1CCN(c2c(F)cccc2F)C1. The van der Waals surface area contributed by atoms with Crippen LogP contribution >= 0.6 is 0 Å². The Morgan fingerprint density at radius 3 is 2.69 bits per heavy atom. The number of hydrogen-bond acceptors (Lipinski definition) is 3. The Hall–Kier alpha value is -1.89. The summed E-state index contributed by atoms with van der Waals surface area (Å²) in [5.41, 5.74) is 0.0734. The van der Waals surface area contributed by atoms with E-state index in [1.54, 1.807) is 11.9 Å². The van der Waals surface area contributed by atoms with Gasteiger partial charge >= 0.3 is 0 Å². The summed E-state index contributed by atoms with van der Waals surface area (Å²) < 4.78 is 28.0. The van der Waals surface area contributed by atoms with Crippen molar-refractivity contribution in [3.8, 4) is 0 Å². The van der Waals surface area contributed by atoms with Crippen molar-refractivity contribution >= 4 is 11.6 Å². The first-order valence-corrected chi connectivity index (χ1v) is 9.52. The molecule has 2 fully saturated rings. The number of guanidine groups is 1. The number of likely N-dealkylation sites (N-methyl/N-ethyl adjacent to an activating group) is 1. The molecule has 0 spiro atoms. The highest BCUT2D eigenvalue weighted by molar-refractivity contribution is 5.80. The van der Waals surface area contributed by atoms with Crippen LogP contribution in [0.15, 0.2) is 23.2 Å². The van der Waals surface area contributed by atoms with Gasteiger partial charge in [0.25, 0.3) is 0 Å². The van der Waals surface area contributed by atoms with Crippen molar-refractivity contribution in [3.05, 3.63) is 29.8 Å². The van der Waals surface area contributed by atoms with Gasteiger partial charge in [-0.1, -0.05) is 13.0 Å². The number of likely N-dealkylation sites (tertiary alicyclic amines) is 1. The molecule has 2 atom stereocenters. The molecule has 2 N–H and O–H groups in total. The number of nitrogens with one attached hydrogen (secondary N) is 2. The van der Waals surface area contributed by atoms with Crippen molar-refractivity contribution < 1.29 is 8.78 Å². The third-order valence-corrected chi connectivity index (χ3v) is 5.42. The lowest BCUT2D eigenvalue weighted by Crippen LogP contribution is -2.48. The number of benzene rings is 1. The lowest BCUT2D eigenvalue weighted by atomic mass is 10.2. The Labute approximate surface area is 154 Å². The molecular formula is C19H29F2N5. The summed E-state index contributed by atoms with van der Waals surface area (Å²) in [5, 5.41) is 6.81. The Bertz CT molecular complexity index is 616. The summed E-state index contributed by atoms with van der Waals surface area (Å²) in [6.45, 7) is 6.49. The van der Waals surface area contributed by atoms with Gasteiger partial charge in [0.2, 0.25) is 0 Å². The standard InChI is InChI=1S/C19H29F2N5/c1-3-25-10-5-6-15(25)12-23-19(22-2)24-14-9-11-26(13-14)18-16(20)7-4-8-17(18)21/h4,7-8,14-15H,3,5-6,9-13H2,1-2H3,(H2,22,23,24). The van der Waals surface area contributed by atoms with E-state index >= 15 is 0 Å². The minimum absolute atomic E-state index is 0.0734. The molecular weight excluding hydrogens is 336 g/mol. The van der Waals surface area contributed by atoms with Crippen LogP contribution in [0.3, 0.4) is 0 Å². The van der Waals surface area contributed by atoms with E-state index in [4.69, 9.17) is 0 Å². The molecule has 3 rings (SSSR count). The van der Waals surface area contributed by atoms with Gasteiger partial charge in [0, 0.05) is 38.8 Å². The third kappa shape index (κ3) is 4.26. The van der Waals surface area contributed by atoms with E-state index in [0.29, 0.717) is 19.1 Å². The second kappa shape index (κ2) is 8.66. The molecule has 7 heteroatoms. The number of anilines is 1. The fraction of sp³-hybridized carbons (Fsp3) is 0.632. The first-order valence-electron chi connectivity index (χ1n) is 9.52. The van der Waals surface area contributed by atoms with Crippen LogP contribution in [0.25, 0.3) is 0 Å². The maximum atomic E-state index is 14.0. The second-order valence-corrected chi connectivity index (χ2v) is 7.02. The van der Waals surface area contributed by atoms with E-state index in [1.165, 1.54) is 37.6 Å². The molecule has 0 bridgehead atoms. The summed E-state index contributed by atoms with van der Waals surface area (Å²) >= 11 is 0. The van der Waals surface area contributed by atoms with Crippen molar-refractivity contribution in [2.24, 2.45) is 4.99 Å². The fourth-order valence-corrected chi connectivity index (χ4v) is 4.02. The van der Waals surface area contributed by atoms with Crippen molar-refractivity contribution in [2.45, 2.75) is 38.3 Å². The highest BCUT2D eigenvalue weighted by atomic mass is 19.1. The normalized spacial score (nSPS) is 24.3. The molecule has 0 saturated carbocycles. The molecule has 0 aliphatic carbocycles. The first kappa shape index (κ1) is 18.9. The molecule has 2 aliphatic heterocycles. The predicted molar refractivity (Wildman–Crippen MR) is 102 cm³/mol. The zero-order valence-corrected chi connectivity index (χ0v) is 15.6. The van der Waals surface area contributed by atoms with Crippen LogP contribution in [0.1, 0.15) is 26.2 Å². The Morgan fingerprint density at radius 2 is 2.00 bits per heavy atom. The average molecular weight is 365 g/mol. The molecule has 2 saturated heterocycles. The van der Waals surface area contributed by atoms with Gasteiger partial charge in [-0.05, 0) is 44.5 Å². The predicted octanol–water partition coefficient (Wildman–Crippen LogP) is 2.19. The van der Waals surface area contributed by atoms with E-state index in [9.17, 15) is 8.78 Å². The molecule has 2 unspecified atom stereocenters. The van der Waals surface area contributed by atoms with Gasteiger partial charge < -0.3 is 15.5 Å². The van der Waals surface area contributed by atoms with Crippen LogP contribution in [0.5, 0.6) is 0 Å². The van der Waals surface area contributed by atoms with Gasteiger partial charge in [0.15, 0.2) is 5.96 Å². The minimum Gasteiger partial charge on any atom is -0.365 e. The van der Waals surface area contributed by atoms with Gasteiger partial charge in [0.05, 0.1) is 0 Å². The zero-order valence-electron chi connectivity index (χ0n) is 15.6. The number of aliphatic imine (C=N–C) groups is 1. The summed E-state index contributed by atoms with van der Waals surface area (Å²) in [6, 6.07) is 4.67. The van der Waals surface area contributed by atoms with Crippen LogP contribution < -0.4 is 15.5 Å². The van der Waals surface area contributed by atoms with Crippen LogP contribution in [0.4, 0.5) is 14.5 Å². The molecule has 5 nitrogen and oxygen atoms in total. The van der Waals surface area contributed by atoms with Crippen molar-refractivity contribution in [1.29, 1.82) is 0 Å². The number of nitrogens with zero attached hydrogens (tertiary/aromatic N) is 3. The number of halogens is 2. The third-order valence-electron chi connectivity index (χ3n) is 5.42. The van der Waals surface area contributed by atoms with E-state index < -0.39 is 11.6 Å². The molecule has 144 valence electrons. The fourth-order valence-electron chi connectivity index (χ4n) is 4.02. The quantitative estimate of drug-likeness (QED) is 0.620. The van der Waals surface area contributed by atoms with Gasteiger partial charge in [-0.2, -0.15) is 0 Å². The van der Waals surface area contributed by atoms with Gasteiger partial charge in [0.1, 0.15) is 17.3 Å².